The molecule has 2 rings (SSSR count). The first-order valence-corrected chi connectivity index (χ1v) is 8.20. The molecule has 0 aliphatic carbocycles. The predicted molar refractivity (Wildman–Crippen MR) is 91.6 cm³/mol. The first kappa shape index (κ1) is 17.6. The van der Waals surface area contributed by atoms with Crippen LogP contribution in [0.5, 0.6) is 0 Å². The van der Waals surface area contributed by atoms with Gasteiger partial charge < -0.3 is 5.32 Å². The van der Waals surface area contributed by atoms with E-state index in [9.17, 15) is 8.78 Å². The molecule has 1 N–H and O–H groups in total. The fourth-order valence-electron chi connectivity index (χ4n) is 2.78. The normalized spacial score (nSPS) is 12.8. The van der Waals surface area contributed by atoms with Crippen LogP contribution < -0.4 is 5.32 Å². The third-order valence-corrected chi connectivity index (χ3v) is 4.06. The van der Waals surface area contributed by atoms with Gasteiger partial charge in [-0.15, -0.1) is 0 Å². The van der Waals surface area contributed by atoms with Gasteiger partial charge in [0, 0.05) is 12.0 Å². The minimum absolute atomic E-state index is 0.139. The van der Waals surface area contributed by atoms with E-state index in [1.54, 1.807) is 0 Å². The van der Waals surface area contributed by atoms with Crippen molar-refractivity contribution in [1.82, 2.24) is 5.32 Å². The van der Waals surface area contributed by atoms with E-state index in [0.29, 0.717) is 12.0 Å². The minimum Gasteiger partial charge on any atom is -0.314 e. The van der Waals surface area contributed by atoms with Crippen molar-refractivity contribution in [2.45, 2.75) is 39.2 Å². The summed E-state index contributed by atoms with van der Waals surface area (Å²) in [7, 11) is 0. The van der Waals surface area contributed by atoms with Gasteiger partial charge in [-0.25, -0.2) is 8.78 Å². The number of benzene rings is 2. The Morgan fingerprint density at radius 1 is 0.783 bits per heavy atom. The molecule has 2 aromatic rings. The van der Waals surface area contributed by atoms with Crippen molar-refractivity contribution < 1.29 is 8.78 Å². The Kier molecular flexibility index (Phi) is 6.28. The zero-order chi connectivity index (χ0) is 16.8. The molecule has 0 aliphatic rings. The Balaban J connectivity index is 2.20. The maximum atomic E-state index is 13.2. The van der Waals surface area contributed by atoms with E-state index in [1.807, 2.05) is 24.3 Å². The molecule has 1 atom stereocenters. The number of nitrogens with one attached hydrogen (secondary N) is 1. The van der Waals surface area contributed by atoms with Crippen molar-refractivity contribution in [3.05, 3.63) is 71.3 Å². The molecule has 1 nitrogen and oxygen atoms in total. The molecule has 0 aliphatic heterocycles. The van der Waals surface area contributed by atoms with E-state index < -0.39 is 0 Å². The second-order valence-corrected chi connectivity index (χ2v) is 6.56. The first-order chi connectivity index (χ1) is 11.0. The predicted octanol–water partition coefficient (Wildman–Crippen LogP) is 5.12. The quantitative estimate of drug-likeness (QED) is 0.747. The van der Waals surface area contributed by atoms with Gasteiger partial charge in [-0.1, -0.05) is 45.0 Å². The number of hydrogen-bond acceptors (Lipinski definition) is 1. The van der Waals surface area contributed by atoms with Gasteiger partial charge in [0.15, 0.2) is 0 Å². The van der Waals surface area contributed by atoms with Gasteiger partial charge in [0.05, 0.1) is 0 Å². The Bertz CT molecular complexity index is 545. The zero-order valence-corrected chi connectivity index (χ0v) is 14.0. The summed E-state index contributed by atoms with van der Waals surface area (Å²) < 4.78 is 26.4. The van der Waals surface area contributed by atoms with Crippen LogP contribution in [0, 0.1) is 17.6 Å². The lowest BCUT2D eigenvalue weighted by Gasteiger charge is -2.23. The van der Waals surface area contributed by atoms with Crippen molar-refractivity contribution in [1.29, 1.82) is 0 Å². The van der Waals surface area contributed by atoms with E-state index >= 15 is 0 Å². The van der Waals surface area contributed by atoms with Crippen LogP contribution in [0.3, 0.4) is 0 Å². The second-order valence-electron chi connectivity index (χ2n) is 6.56. The molecule has 0 heterocycles. The highest BCUT2D eigenvalue weighted by molar-refractivity contribution is 5.32. The molecule has 124 valence electrons. The summed E-state index contributed by atoms with van der Waals surface area (Å²) in [6.07, 6.45) is 0.928. The molecule has 0 amide bonds. The van der Waals surface area contributed by atoms with Crippen molar-refractivity contribution in [2.75, 3.05) is 6.54 Å². The second kappa shape index (κ2) is 8.21. The molecular weight excluding hydrogens is 292 g/mol. The fourth-order valence-corrected chi connectivity index (χ4v) is 2.78. The molecule has 0 saturated carbocycles. The van der Waals surface area contributed by atoms with Crippen molar-refractivity contribution in [3.8, 4) is 0 Å². The summed E-state index contributed by atoms with van der Waals surface area (Å²) in [6.45, 7) is 7.39. The maximum Gasteiger partial charge on any atom is 0.123 e. The average molecular weight is 317 g/mol. The monoisotopic (exact) mass is 317 g/mol. The van der Waals surface area contributed by atoms with Crippen LogP contribution in [-0.2, 0) is 0 Å². The lowest BCUT2D eigenvalue weighted by Crippen LogP contribution is -2.28. The van der Waals surface area contributed by atoms with Crippen LogP contribution >= 0.6 is 0 Å². The largest absolute Gasteiger partial charge is 0.314 e. The number of hydrogen-bond donors (Lipinski definition) is 1. The van der Waals surface area contributed by atoms with Crippen molar-refractivity contribution in [3.63, 3.8) is 0 Å². The van der Waals surface area contributed by atoms with Crippen LogP contribution in [0.15, 0.2) is 48.5 Å². The number of halogens is 2. The molecule has 2 aromatic carbocycles. The van der Waals surface area contributed by atoms with Crippen LogP contribution in [0.4, 0.5) is 8.78 Å². The molecule has 0 radical (unpaired) electrons. The molecule has 1 unspecified atom stereocenters. The minimum atomic E-state index is -0.235. The highest BCUT2D eigenvalue weighted by Crippen LogP contribution is 2.31. The Hall–Kier alpha value is -1.74. The van der Waals surface area contributed by atoms with Gasteiger partial charge in [-0.2, -0.15) is 0 Å². The Labute approximate surface area is 137 Å². The first-order valence-electron chi connectivity index (χ1n) is 8.20. The summed E-state index contributed by atoms with van der Waals surface area (Å²) in [5.74, 6) is 0.125. The van der Waals surface area contributed by atoms with Gasteiger partial charge in [0.1, 0.15) is 11.6 Å². The summed E-state index contributed by atoms with van der Waals surface area (Å²) in [6, 6.07) is 13.7. The van der Waals surface area contributed by atoms with E-state index in [1.165, 1.54) is 24.3 Å². The highest BCUT2D eigenvalue weighted by Gasteiger charge is 2.18. The van der Waals surface area contributed by atoms with Gasteiger partial charge in [-0.3, -0.25) is 0 Å². The van der Waals surface area contributed by atoms with E-state index in [2.05, 4.69) is 26.1 Å². The highest BCUT2D eigenvalue weighted by atomic mass is 19.1. The lowest BCUT2D eigenvalue weighted by molar-refractivity contribution is 0.436. The van der Waals surface area contributed by atoms with Crippen molar-refractivity contribution in [2.24, 2.45) is 5.92 Å². The Morgan fingerprint density at radius 3 is 1.61 bits per heavy atom. The van der Waals surface area contributed by atoms with Gasteiger partial charge in [0.2, 0.25) is 0 Å². The van der Waals surface area contributed by atoms with Crippen LogP contribution in [0.2, 0.25) is 0 Å². The lowest BCUT2D eigenvalue weighted by atomic mass is 9.84. The molecule has 3 heteroatoms. The zero-order valence-electron chi connectivity index (χ0n) is 14.0. The summed E-state index contributed by atoms with van der Waals surface area (Å²) in [4.78, 5) is 0. The number of rotatable bonds is 7. The molecule has 0 bridgehead atoms. The molecule has 0 spiro atoms. The van der Waals surface area contributed by atoms with Crippen LogP contribution in [0.1, 0.15) is 44.2 Å². The molecule has 0 fully saturated rings. The smallest absolute Gasteiger partial charge is 0.123 e. The summed E-state index contributed by atoms with van der Waals surface area (Å²) >= 11 is 0. The topological polar surface area (TPSA) is 12.0 Å². The standard InChI is InChI=1S/C20H25F2N/c1-14(2)23-13-15(3)12-20(16-4-8-18(21)9-5-16)17-6-10-19(22)11-7-17/h4-11,14-15,20,23H,12-13H2,1-3H3. The summed E-state index contributed by atoms with van der Waals surface area (Å²) in [5, 5.41) is 3.45. The van der Waals surface area contributed by atoms with Gasteiger partial charge >= 0.3 is 0 Å². The SMILES string of the molecule is CC(CNC(C)C)CC(c1ccc(F)cc1)c1ccc(F)cc1. The maximum absolute atomic E-state index is 13.2. The van der Waals surface area contributed by atoms with Crippen LogP contribution in [-0.4, -0.2) is 12.6 Å². The van der Waals surface area contributed by atoms with E-state index in [4.69, 9.17) is 0 Å². The molecule has 23 heavy (non-hydrogen) atoms. The summed E-state index contributed by atoms with van der Waals surface area (Å²) in [5.41, 5.74) is 2.13. The van der Waals surface area contributed by atoms with E-state index in [0.717, 1.165) is 24.1 Å². The third-order valence-electron chi connectivity index (χ3n) is 4.06. The van der Waals surface area contributed by atoms with Gasteiger partial charge in [-0.05, 0) is 54.3 Å². The van der Waals surface area contributed by atoms with Crippen molar-refractivity contribution >= 4 is 0 Å². The van der Waals surface area contributed by atoms with Crippen LogP contribution in [0.25, 0.3) is 0 Å². The average Bonchev–Trinajstić information content (AvgIpc) is 2.52. The molecule has 0 aromatic heterocycles. The van der Waals surface area contributed by atoms with Gasteiger partial charge in [0.25, 0.3) is 0 Å². The van der Waals surface area contributed by atoms with E-state index in [-0.39, 0.29) is 17.6 Å². The molecule has 0 saturated heterocycles. The fraction of sp³-hybridized carbons (Fsp3) is 0.400. The third kappa shape index (κ3) is 5.43. The Morgan fingerprint density at radius 2 is 1.22 bits per heavy atom. The molecular formula is C20H25F2N.